The fourth-order valence-electron chi connectivity index (χ4n) is 9.03. The second-order valence-corrected chi connectivity index (χ2v) is 16.3. The number of piperidine rings is 2. The molecule has 4 aliphatic rings. The van der Waals surface area contributed by atoms with Gasteiger partial charge < -0.3 is 31.1 Å². The number of rotatable bonds is 11. The van der Waals surface area contributed by atoms with Gasteiger partial charge >= 0.3 is 0 Å². The Kier molecular flexibility index (Phi) is 10.7. The highest BCUT2D eigenvalue weighted by atomic mass is 35.5. The SMILES string of the molecule is CNc1cc(N2CCc3c(-c4cc(N5CCC(CCN6CCN(c7ccc(NC8CCC(=O)NC8=O)c(Cl)c7)CC6)CC5)ccn4)cccc32)nn2c(C(N)=O)cnc12. The van der Waals surface area contributed by atoms with E-state index >= 15 is 0 Å². The van der Waals surface area contributed by atoms with E-state index in [0.29, 0.717) is 40.9 Å². The smallest absolute Gasteiger partial charge is 0.269 e. The van der Waals surface area contributed by atoms with E-state index in [0.717, 1.165) is 87.1 Å². The summed E-state index contributed by atoms with van der Waals surface area (Å²) in [5.74, 6) is 0.297. The maximum absolute atomic E-state index is 12.2. The molecule has 0 radical (unpaired) electrons. The van der Waals surface area contributed by atoms with Crippen molar-refractivity contribution in [1.29, 1.82) is 0 Å². The maximum Gasteiger partial charge on any atom is 0.269 e. The summed E-state index contributed by atoms with van der Waals surface area (Å²) in [6.07, 6.45) is 8.56. The van der Waals surface area contributed by atoms with Crippen LogP contribution in [0.25, 0.3) is 16.9 Å². The molecule has 1 unspecified atom stereocenters. The van der Waals surface area contributed by atoms with Crippen molar-refractivity contribution in [2.75, 3.05) is 84.7 Å². The summed E-state index contributed by atoms with van der Waals surface area (Å²) in [6, 6.07) is 18.2. The molecule has 5 aromatic rings. The minimum atomic E-state index is -0.578. The predicted molar refractivity (Wildman–Crippen MR) is 231 cm³/mol. The molecule has 0 spiro atoms. The monoisotopic (exact) mass is 816 g/mol. The molecule has 3 fully saturated rings. The van der Waals surface area contributed by atoms with Gasteiger partial charge in [-0.2, -0.15) is 0 Å². The third-order valence-corrected chi connectivity index (χ3v) is 12.7. The van der Waals surface area contributed by atoms with Crippen LogP contribution in [-0.4, -0.2) is 108 Å². The second-order valence-electron chi connectivity index (χ2n) is 15.9. The molecule has 0 saturated carbocycles. The summed E-state index contributed by atoms with van der Waals surface area (Å²) >= 11 is 6.65. The number of primary amides is 1. The van der Waals surface area contributed by atoms with Crippen LogP contribution in [0.15, 0.2) is 67.0 Å². The number of piperazine rings is 1. The molecule has 0 aliphatic carbocycles. The molecular formula is C43H49ClN12O3. The summed E-state index contributed by atoms with van der Waals surface area (Å²) in [5, 5.41) is 14.2. The van der Waals surface area contributed by atoms with Gasteiger partial charge in [0, 0.05) is 94.2 Å². The van der Waals surface area contributed by atoms with Crippen LogP contribution in [0.2, 0.25) is 5.02 Å². The van der Waals surface area contributed by atoms with Gasteiger partial charge in [0.2, 0.25) is 11.8 Å². The number of aromatic nitrogens is 4. The van der Waals surface area contributed by atoms with Gasteiger partial charge in [-0.25, -0.2) is 9.50 Å². The van der Waals surface area contributed by atoms with E-state index in [1.807, 2.05) is 31.4 Å². The summed E-state index contributed by atoms with van der Waals surface area (Å²) in [7, 11) is 1.83. The van der Waals surface area contributed by atoms with Crippen molar-refractivity contribution in [2.24, 2.45) is 11.7 Å². The molecule has 5 N–H and O–H groups in total. The summed E-state index contributed by atoms with van der Waals surface area (Å²) in [5.41, 5.74) is 14.6. The molecule has 9 rings (SSSR count). The van der Waals surface area contributed by atoms with Gasteiger partial charge in [0.25, 0.3) is 5.91 Å². The average molecular weight is 817 g/mol. The lowest BCUT2D eigenvalue weighted by Gasteiger charge is -2.38. The quantitative estimate of drug-likeness (QED) is 0.133. The van der Waals surface area contributed by atoms with E-state index < -0.39 is 11.9 Å². The number of pyridine rings is 1. The number of imidazole rings is 1. The Balaban J connectivity index is 0.778. The number of nitrogens with one attached hydrogen (secondary N) is 3. The number of fused-ring (bicyclic) bond motifs is 2. The van der Waals surface area contributed by atoms with E-state index in [-0.39, 0.29) is 17.5 Å². The highest BCUT2D eigenvalue weighted by molar-refractivity contribution is 6.33. The van der Waals surface area contributed by atoms with E-state index in [4.69, 9.17) is 27.4 Å². The van der Waals surface area contributed by atoms with Crippen LogP contribution in [0, 0.1) is 5.92 Å². The standard InChI is InChI=1S/C43H49ClN12O3/c1-46-36-25-39(51-56-38(41(45)58)26-48-42(36)56)55-18-13-31-30(3-2-4-37(31)55)35-24-29(9-14-47-35)53-16-11-27(12-17-53)10-15-52-19-21-54(22-20-52)28-5-6-33(32(44)23-28)49-34-7-8-40(57)50-43(34)59/h2-6,9,14,23-27,34,46,49H,7-8,10-13,15-22H2,1H3,(H2,45,58)(H,50,57,59). The molecule has 2 aromatic carbocycles. The summed E-state index contributed by atoms with van der Waals surface area (Å²) in [6.45, 7) is 7.81. The van der Waals surface area contributed by atoms with Crippen LogP contribution in [0.4, 0.5) is 34.3 Å². The lowest BCUT2D eigenvalue weighted by molar-refractivity contribution is -0.133. The minimum Gasteiger partial charge on any atom is -0.385 e. The Hall–Kier alpha value is -5.93. The van der Waals surface area contributed by atoms with Crippen molar-refractivity contribution >= 4 is 69.2 Å². The molecule has 306 valence electrons. The fourth-order valence-corrected chi connectivity index (χ4v) is 9.26. The van der Waals surface area contributed by atoms with Gasteiger partial charge in [0.1, 0.15) is 11.7 Å². The highest BCUT2D eigenvalue weighted by Gasteiger charge is 2.29. The Labute approximate surface area is 347 Å². The Morgan fingerprint density at radius 2 is 1.69 bits per heavy atom. The van der Waals surface area contributed by atoms with Crippen LogP contribution in [0.3, 0.4) is 0 Å². The van der Waals surface area contributed by atoms with Crippen LogP contribution in [-0.2, 0) is 16.0 Å². The third kappa shape index (κ3) is 7.84. The largest absolute Gasteiger partial charge is 0.385 e. The van der Waals surface area contributed by atoms with Crippen molar-refractivity contribution in [2.45, 2.75) is 44.6 Å². The number of nitrogens with zero attached hydrogens (tertiary/aromatic N) is 8. The minimum absolute atomic E-state index is 0.231. The third-order valence-electron chi connectivity index (χ3n) is 12.4. The number of imide groups is 1. The number of carbonyl (C=O) groups is 3. The molecule has 4 aliphatic heterocycles. The predicted octanol–water partition coefficient (Wildman–Crippen LogP) is 4.93. The summed E-state index contributed by atoms with van der Waals surface area (Å²) in [4.78, 5) is 54.7. The van der Waals surface area contributed by atoms with E-state index in [9.17, 15) is 14.4 Å². The maximum atomic E-state index is 12.2. The first kappa shape index (κ1) is 38.6. The number of hydrogen-bond donors (Lipinski definition) is 4. The molecule has 3 aromatic heterocycles. The molecule has 7 heterocycles. The van der Waals surface area contributed by atoms with Crippen molar-refractivity contribution in [3.8, 4) is 11.3 Å². The molecule has 3 saturated heterocycles. The van der Waals surface area contributed by atoms with Crippen LogP contribution >= 0.6 is 11.6 Å². The topological polar surface area (TPSA) is 169 Å². The average Bonchev–Trinajstić information content (AvgIpc) is 3.90. The summed E-state index contributed by atoms with van der Waals surface area (Å²) < 4.78 is 1.52. The van der Waals surface area contributed by atoms with Crippen molar-refractivity contribution in [1.82, 2.24) is 29.8 Å². The number of benzene rings is 2. The van der Waals surface area contributed by atoms with Gasteiger partial charge in [-0.1, -0.05) is 23.7 Å². The zero-order valence-electron chi connectivity index (χ0n) is 33.2. The molecule has 16 heteroatoms. The van der Waals surface area contributed by atoms with Gasteiger partial charge in [-0.3, -0.25) is 29.6 Å². The Bertz CT molecular complexity index is 2400. The first-order chi connectivity index (χ1) is 28.7. The number of carbonyl (C=O) groups excluding carboxylic acids is 3. The zero-order valence-corrected chi connectivity index (χ0v) is 33.9. The number of anilines is 6. The number of nitrogens with two attached hydrogens (primary N) is 1. The van der Waals surface area contributed by atoms with Crippen LogP contribution in [0.5, 0.6) is 0 Å². The molecule has 0 bridgehead atoms. The lowest BCUT2D eigenvalue weighted by atomic mass is 9.92. The second kappa shape index (κ2) is 16.4. The first-order valence-electron chi connectivity index (χ1n) is 20.6. The number of hydrogen-bond acceptors (Lipinski definition) is 12. The Morgan fingerprint density at radius 3 is 2.46 bits per heavy atom. The molecule has 15 nitrogen and oxygen atoms in total. The van der Waals surface area contributed by atoms with Crippen molar-refractivity contribution in [3.05, 3.63) is 83.3 Å². The normalized spacial score (nSPS) is 18.9. The fraction of sp³-hybridized carbons (Fsp3) is 0.395. The van der Waals surface area contributed by atoms with Gasteiger partial charge in [0.15, 0.2) is 11.5 Å². The molecule has 3 amide bonds. The zero-order chi connectivity index (χ0) is 40.6. The van der Waals surface area contributed by atoms with Crippen molar-refractivity contribution in [3.63, 3.8) is 0 Å². The first-order valence-corrected chi connectivity index (χ1v) is 20.9. The van der Waals surface area contributed by atoms with Gasteiger partial charge in [0.05, 0.1) is 28.3 Å². The number of halogens is 1. The van der Waals surface area contributed by atoms with Crippen LogP contribution < -0.4 is 36.4 Å². The van der Waals surface area contributed by atoms with Gasteiger partial charge in [-0.15, -0.1) is 5.10 Å². The lowest BCUT2D eigenvalue weighted by Crippen LogP contribution is -2.47. The molecular weight excluding hydrogens is 768 g/mol. The van der Waals surface area contributed by atoms with E-state index in [1.165, 1.54) is 41.2 Å². The highest BCUT2D eigenvalue weighted by Crippen LogP contribution is 2.41. The van der Waals surface area contributed by atoms with Crippen molar-refractivity contribution < 1.29 is 14.4 Å². The van der Waals surface area contributed by atoms with Gasteiger partial charge in [-0.05, 0) is 86.5 Å². The Morgan fingerprint density at radius 1 is 0.898 bits per heavy atom. The van der Waals surface area contributed by atoms with Crippen LogP contribution in [0.1, 0.15) is 48.2 Å². The van der Waals surface area contributed by atoms with E-state index in [2.05, 4.69) is 76.9 Å². The molecule has 59 heavy (non-hydrogen) atoms. The molecule has 1 atom stereocenters. The van der Waals surface area contributed by atoms with E-state index in [1.54, 1.807) is 0 Å². The number of amides is 3.